The van der Waals surface area contributed by atoms with Crippen molar-refractivity contribution in [1.82, 2.24) is 15.5 Å². The lowest BCUT2D eigenvalue weighted by molar-refractivity contribution is -0.129. The highest BCUT2D eigenvalue weighted by Crippen LogP contribution is 2.25. The highest BCUT2D eigenvalue weighted by atomic mass is 79.9. The van der Waals surface area contributed by atoms with Gasteiger partial charge in [0, 0.05) is 42.1 Å². The Morgan fingerprint density at radius 3 is 2.89 bits per heavy atom. The highest BCUT2D eigenvalue weighted by Gasteiger charge is 2.25. The molecule has 1 saturated heterocycles. The molecule has 6 nitrogen and oxygen atoms in total. The maximum absolute atomic E-state index is 12.6. The molecule has 0 spiro atoms. The molecule has 2 N–H and O–H groups in total. The quantitative estimate of drug-likeness (QED) is 0.498. The summed E-state index contributed by atoms with van der Waals surface area (Å²) in [6.45, 7) is 3.11. The second-order valence-corrected chi connectivity index (χ2v) is 7.06. The van der Waals surface area contributed by atoms with E-state index in [0.717, 1.165) is 17.4 Å². The number of nitrogens with zero attached hydrogens (tertiary/aromatic N) is 2. The minimum Gasteiger partial charge on any atom is -0.434 e. The Labute approximate surface area is 166 Å². The third-order valence-corrected chi connectivity index (χ3v) is 4.67. The Balaban J connectivity index is 2.05. The van der Waals surface area contributed by atoms with Crippen LogP contribution in [0.4, 0.5) is 8.78 Å². The summed E-state index contributed by atoms with van der Waals surface area (Å²) in [5, 5.41) is 6.46. The number of aliphatic imine (C=N–C) groups is 1. The predicted molar refractivity (Wildman–Crippen MR) is 104 cm³/mol. The van der Waals surface area contributed by atoms with E-state index >= 15 is 0 Å². The fraction of sp³-hybridized carbons (Fsp3) is 0.556. The van der Waals surface area contributed by atoms with Crippen LogP contribution in [-0.2, 0) is 11.3 Å². The van der Waals surface area contributed by atoms with Crippen LogP contribution in [0.1, 0.15) is 32.3 Å². The lowest BCUT2D eigenvalue weighted by Gasteiger charge is -2.19. The molecule has 1 aromatic rings. The van der Waals surface area contributed by atoms with E-state index in [2.05, 4.69) is 36.3 Å². The molecule has 2 rings (SSSR count). The third kappa shape index (κ3) is 6.64. The van der Waals surface area contributed by atoms with Crippen LogP contribution in [0.5, 0.6) is 5.75 Å². The van der Waals surface area contributed by atoms with Gasteiger partial charge in [-0.15, -0.1) is 0 Å². The normalized spacial score (nSPS) is 17.3. The molecule has 150 valence electrons. The minimum absolute atomic E-state index is 0.105. The zero-order chi connectivity index (χ0) is 19.8. The standard InChI is InChI=1S/C18H25BrF2N4O2/c1-3-16(26)25-8-7-14(11-25)24-18(22-4-2)23-10-12-9-13(19)5-6-15(12)27-17(20)21/h5-6,9,14,17H,3-4,7-8,10-11H2,1-2H3,(H2,22,23,24). The van der Waals surface area contributed by atoms with Crippen molar-refractivity contribution in [2.75, 3.05) is 19.6 Å². The summed E-state index contributed by atoms with van der Waals surface area (Å²) in [5.74, 6) is 0.828. The number of likely N-dealkylation sites (tertiary alicyclic amines) is 1. The number of halogens is 3. The first-order chi connectivity index (χ1) is 12.9. The SMILES string of the molecule is CCNC(=NCc1cc(Br)ccc1OC(F)F)NC1CCN(C(=O)CC)C1. The summed E-state index contributed by atoms with van der Waals surface area (Å²) in [4.78, 5) is 18.1. The summed E-state index contributed by atoms with van der Waals surface area (Å²) in [6, 6.07) is 4.96. The molecule has 1 unspecified atom stereocenters. The Morgan fingerprint density at radius 2 is 2.22 bits per heavy atom. The van der Waals surface area contributed by atoms with Crippen molar-refractivity contribution in [1.29, 1.82) is 0 Å². The molecule has 0 bridgehead atoms. The van der Waals surface area contributed by atoms with Gasteiger partial charge in [0.25, 0.3) is 0 Å². The van der Waals surface area contributed by atoms with Crippen molar-refractivity contribution in [3.8, 4) is 5.75 Å². The molecular formula is C18H25BrF2N4O2. The smallest absolute Gasteiger partial charge is 0.387 e. The Morgan fingerprint density at radius 1 is 1.44 bits per heavy atom. The predicted octanol–water partition coefficient (Wildman–Crippen LogP) is 3.12. The zero-order valence-corrected chi connectivity index (χ0v) is 17.1. The van der Waals surface area contributed by atoms with Gasteiger partial charge < -0.3 is 20.3 Å². The second kappa shape index (κ2) is 10.4. The Hall–Kier alpha value is -1.90. The van der Waals surface area contributed by atoms with Crippen LogP contribution in [0, 0.1) is 0 Å². The van der Waals surface area contributed by atoms with Gasteiger partial charge in [0.2, 0.25) is 5.91 Å². The number of hydrogen-bond donors (Lipinski definition) is 2. The lowest BCUT2D eigenvalue weighted by atomic mass is 10.2. The molecule has 1 aliphatic heterocycles. The summed E-state index contributed by atoms with van der Waals surface area (Å²) in [7, 11) is 0. The van der Waals surface area contributed by atoms with E-state index in [-0.39, 0.29) is 24.2 Å². The van der Waals surface area contributed by atoms with Gasteiger partial charge in [0.1, 0.15) is 5.75 Å². The molecule has 1 heterocycles. The van der Waals surface area contributed by atoms with Crippen LogP contribution >= 0.6 is 15.9 Å². The highest BCUT2D eigenvalue weighted by molar-refractivity contribution is 9.10. The van der Waals surface area contributed by atoms with Gasteiger partial charge in [-0.2, -0.15) is 8.78 Å². The number of alkyl halides is 2. The van der Waals surface area contributed by atoms with Gasteiger partial charge in [-0.05, 0) is 31.5 Å². The molecule has 0 aromatic heterocycles. The van der Waals surface area contributed by atoms with Crippen LogP contribution in [0.3, 0.4) is 0 Å². The van der Waals surface area contributed by atoms with Crippen LogP contribution in [0.25, 0.3) is 0 Å². The van der Waals surface area contributed by atoms with Crippen molar-refractivity contribution < 1.29 is 18.3 Å². The molecule has 1 amide bonds. The maximum atomic E-state index is 12.6. The lowest BCUT2D eigenvalue weighted by Crippen LogP contribution is -2.45. The van der Waals surface area contributed by atoms with Gasteiger partial charge in [0.05, 0.1) is 6.54 Å². The summed E-state index contributed by atoms with van der Waals surface area (Å²) < 4.78 is 30.5. The average molecular weight is 447 g/mol. The molecular weight excluding hydrogens is 422 g/mol. The number of carbonyl (C=O) groups excluding carboxylic acids is 1. The fourth-order valence-electron chi connectivity index (χ4n) is 2.89. The zero-order valence-electron chi connectivity index (χ0n) is 15.5. The second-order valence-electron chi connectivity index (χ2n) is 6.15. The number of rotatable bonds is 7. The largest absolute Gasteiger partial charge is 0.434 e. The van der Waals surface area contributed by atoms with Crippen molar-refractivity contribution in [3.63, 3.8) is 0 Å². The first-order valence-corrected chi connectivity index (χ1v) is 9.78. The van der Waals surface area contributed by atoms with Gasteiger partial charge in [-0.1, -0.05) is 22.9 Å². The van der Waals surface area contributed by atoms with E-state index < -0.39 is 6.61 Å². The van der Waals surface area contributed by atoms with Crippen LogP contribution < -0.4 is 15.4 Å². The van der Waals surface area contributed by atoms with Gasteiger partial charge in [-0.3, -0.25) is 4.79 Å². The molecule has 0 radical (unpaired) electrons. The molecule has 1 aromatic carbocycles. The number of ether oxygens (including phenoxy) is 1. The molecule has 1 atom stereocenters. The van der Waals surface area contributed by atoms with Crippen molar-refractivity contribution in [2.24, 2.45) is 4.99 Å². The van der Waals surface area contributed by atoms with Crippen LogP contribution in [0.15, 0.2) is 27.7 Å². The fourth-order valence-corrected chi connectivity index (χ4v) is 3.30. The first kappa shape index (κ1) is 21.4. The monoisotopic (exact) mass is 446 g/mol. The van der Waals surface area contributed by atoms with Crippen LogP contribution in [0.2, 0.25) is 0 Å². The summed E-state index contributed by atoms with van der Waals surface area (Å²) >= 11 is 3.34. The van der Waals surface area contributed by atoms with E-state index in [1.165, 1.54) is 6.07 Å². The van der Waals surface area contributed by atoms with Crippen LogP contribution in [-0.4, -0.2) is 49.1 Å². The Kier molecular flexibility index (Phi) is 8.27. The van der Waals surface area contributed by atoms with E-state index in [1.807, 2.05) is 18.7 Å². The van der Waals surface area contributed by atoms with Gasteiger partial charge in [0.15, 0.2) is 5.96 Å². The third-order valence-electron chi connectivity index (χ3n) is 4.17. The van der Waals surface area contributed by atoms with Crippen molar-refractivity contribution in [2.45, 2.75) is 45.9 Å². The van der Waals surface area contributed by atoms with Gasteiger partial charge in [-0.25, -0.2) is 4.99 Å². The molecule has 0 saturated carbocycles. The summed E-state index contributed by atoms with van der Waals surface area (Å²) in [5.41, 5.74) is 0.552. The molecule has 0 aliphatic carbocycles. The number of carbonyl (C=O) groups is 1. The topological polar surface area (TPSA) is 66.0 Å². The van der Waals surface area contributed by atoms with E-state index in [1.54, 1.807) is 12.1 Å². The average Bonchev–Trinajstić information content (AvgIpc) is 3.09. The molecule has 1 aliphatic rings. The number of hydrogen-bond acceptors (Lipinski definition) is 3. The first-order valence-electron chi connectivity index (χ1n) is 8.98. The maximum Gasteiger partial charge on any atom is 0.387 e. The number of nitrogens with one attached hydrogen (secondary N) is 2. The van der Waals surface area contributed by atoms with E-state index in [4.69, 9.17) is 0 Å². The van der Waals surface area contributed by atoms with Crippen molar-refractivity contribution in [3.05, 3.63) is 28.2 Å². The van der Waals surface area contributed by atoms with E-state index in [9.17, 15) is 13.6 Å². The number of benzene rings is 1. The molecule has 9 heteroatoms. The van der Waals surface area contributed by atoms with E-state index in [0.29, 0.717) is 31.0 Å². The molecule has 27 heavy (non-hydrogen) atoms. The minimum atomic E-state index is -2.89. The van der Waals surface area contributed by atoms with Gasteiger partial charge >= 0.3 is 6.61 Å². The number of guanidine groups is 1. The number of amides is 1. The summed E-state index contributed by atoms with van der Waals surface area (Å²) in [6.07, 6.45) is 1.34. The van der Waals surface area contributed by atoms with Crippen molar-refractivity contribution >= 4 is 27.8 Å². The molecule has 1 fully saturated rings. The Bertz CT molecular complexity index is 673.